The van der Waals surface area contributed by atoms with Crippen LogP contribution < -0.4 is 0 Å². The first kappa shape index (κ1) is 16.2. The van der Waals surface area contributed by atoms with Gasteiger partial charge in [0.05, 0.1) is 0 Å². The highest BCUT2D eigenvalue weighted by atomic mass is 35.5. The van der Waals surface area contributed by atoms with Crippen LogP contribution in [0.4, 0.5) is 43.9 Å². The predicted molar refractivity (Wildman–Crippen MR) is 39.8 cm³/mol. The minimum Gasteiger partial charge on any atom is -0.416 e. The van der Waals surface area contributed by atoms with Crippen LogP contribution >= 0.6 is 11.6 Å². The Bertz CT molecular complexity index is 415. The van der Waals surface area contributed by atoms with Gasteiger partial charge in [0, 0.05) is 0 Å². The van der Waals surface area contributed by atoms with Gasteiger partial charge < -0.3 is 4.74 Å². The summed E-state index contributed by atoms with van der Waals surface area (Å²) < 4.78 is 130. The van der Waals surface area contributed by atoms with E-state index in [4.69, 9.17) is 0 Å². The van der Waals surface area contributed by atoms with E-state index in [2.05, 4.69) is 16.3 Å². The second-order valence-corrected chi connectivity index (χ2v) is 3.74. The highest BCUT2D eigenvalue weighted by Crippen LogP contribution is 2.57. The van der Waals surface area contributed by atoms with Crippen molar-refractivity contribution >= 4 is 11.6 Å². The van der Waals surface area contributed by atoms with E-state index in [0.29, 0.717) is 0 Å². The Kier molecular flexibility index (Phi) is 3.46. The van der Waals surface area contributed by atoms with Crippen molar-refractivity contribution in [1.29, 1.82) is 0 Å². The zero-order chi connectivity index (χ0) is 15.4. The zero-order valence-corrected chi connectivity index (χ0v) is 8.90. The maximum absolute atomic E-state index is 13.3. The summed E-state index contributed by atoms with van der Waals surface area (Å²) in [7, 11) is 0. The van der Waals surface area contributed by atoms with E-state index < -0.39 is 41.1 Å². The molecule has 1 nitrogen and oxygen atoms in total. The Labute approximate surface area is 102 Å². The lowest BCUT2D eigenvalue weighted by Crippen LogP contribution is -2.62. The van der Waals surface area contributed by atoms with Crippen LogP contribution in [0, 0.1) is 0 Å². The van der Waals surface area contributed by atoms with Gasteiger partial charge in [-0.3, -0.25) is 0 Å². The average molecular weight is 327 g/mol. The fourth-order valence-electron chi connectivity index (χ4n) is 1.20. The number of allylic oxidation sites excluding steroid dienone is 1. The molecule has 0 spiro atoms. The van der Waals surface area contributed by atoms with Crippen LogP contribution in [0.2, 0.25) is 0 Å². The Hall–Kier alpha value is -0.870. The zero-order valence-electron chi connectivity index (χ0n) is 8.14. The van der Waals surface area contributed by atoms with Crippen molar-refractivity contribution in [1.82, 2.24) is 0 Å². The van der Waals surface area contributed by atoms with Crippen LogP contribution in [0.3, 0.4) is 0 Å². The van der Waals surface area contributed by atoms with Gasteiger partial charge >= 0.3 is 23.9 Å². The maximum Gasteiger partial charge on any atom is 0.437 e. The molecule has 1 aliphatic heterocycles. The molecule has 2 atom stereocenters. The quantitative estimate of drug-likeness (QED) is 0.605. The molecule has 0 saturated heterocycles. The standard InChI is InChI=1S/C7HClF10O/c8-2-1(9)4(11,7(16,17)18)5(12,13)3(10)6(14,15)19-2/h3H. The van der Waals surface area contributed by atoms with Gasteiger partial charge in [0.15, 0.2) is 0 Å². The number of rotatable bonds is 0. The monoisotopic (exact) mass is 326 g/mol. The number of halogens is 11. The fourth-order valence-corrected chi connectivity index (χ4v) is 1.43. The van der Waals surface area contributed by atoms with Crippen LogP contribution in [0.15, 0.2) is 11.0 Å². The van der Waals surface area contributed by atoms with E-state index in [0.717, 1.165) is 0 Å². The van der Waals surface area contributed by atoms with Crippen molar-refractivity contribution in [3.63, 3.8) is 0 Å². The van der Waals surface area contributed by atoms with Crippen molar-refractivity contribution in [3.05, 3.63) is 11.0 Å². The molecule has 0 amide bonds. The van der Waals surface area contributed by atoms with E-state index in [1.165, 1.54) is 0 Å². The highest BCUT2D eigenvalue weighted by molar-refractivity contribution is 6.28. The number of hydrogen-bond donors (Lipinski definition) is 0. The maximum atomic E-state index is 13.3. The van der Waals surface area contributed by atoms with Gasteiger partial charge in [-0.2, -0.15) is 30.7 Å². The summed E-state index contributed by atoms with van der Waals surface area (Å²) in [6.07, 6.45) is -17.5. The number of ether oxygens (including phenoxy) is 1. The van der Waals surface area contributed by atoms with Crippen LogP contribution in [0.5, 0.6) is 0 Å². The minimum atomic E-state index is -6.76. The van der Waals surface area contributed by atoms with E-state index in [1.807, 2.05) is 0 Å². The van der Waals surface area contributed by atoms with E-state index in [1.54, 1.807) is 0 Å². The van der Waals surface area contributed by atoms with Crippen LogP contribution in [0.1, 0.15) is 0 Å². The molecular weight excluding hydrogens is 326 g/mol. The fraction of sp³-hybridized carbons (Fsp3) is 0.714. The Morgan fingerprint density at radius 1 is 1.05 bits per heavy atom. The summed E-state index contributed by atoms with van der Waals surface area (Å²) in [5.74, 6) is -10.1. The van der Waals surface area contributed by atoms with Crippen molar-refractivity contribution in [3.8, 4) is 0 Å². The van der Waals surface area contributed by atoms with Gasteiger partial charge in [-0.25, -0.2) is 13.2 Å². The smallest absolute Gasteiger partial charge is 0.416 e. The molecule has 0 saturated carbocycles. The van der Waals surface area contributed by atoms with Crippen LogP contribution in [0.25, 0.3) is 0 Å². The molecule has 0 fully saturated rings. The number of alkyl halides is 9. The molecular formula is C7HClF10O. The lowest BCUT2D eigenvalue weighted by Gasteiger charge is -2.34. The minimum absolute atomic E-state index is 2.65. The summed E-state index contributed by atoms with van der Waals surface area (Å²) in [6, 6.07) is 0. The van der Waals surface area contributed by atoms with Crippen molar-refractivity contribution in [2.24, 2.45) is 0 Å². The lowest BCUT2D eigenvalue weighted by atomic mass is 9.92. The summed E-state index contributed by atoms with van der Waals surface area (Å²) in [5.41, 5.74) is -6.38. The predicted octanol–water partition coefficient (Wildman–Crippen LogP) is 4.23. The lowest BCUT2D eigenvalue weighted by molar-refractivity contribution is -0.342. The highest BCUT2D eigenvalue weighted by Gasteiger charge is 2.82. The third-order valence-electron chi connectivity index (χ3n) is 2.16. The normalized spacial score (nSPS) is 34.8. The summed E-state index contributed by atoms with van der Waals surface area (Å²) in [5, 5.41) is -2.65. The third kappa shape index (κ3) is 2.01. The number of hydrogen-bond acceptors (Lipinski definition) is 1. The Morgan fingerprint density at radius 2 is 1.47 bits per heavy atom. The SMILES string of the molecule is FC1=C(Cl)OC(F)(F)C(F)C(F)(F)C1(F)C(F)(F)F. The van der Waals surface area contributed by atoms with Crippen molar-refractivity contribution in [2.75, 3.05) is 0 Å². The molecule has 1 heterocycles. The average Bonchev–Trinajstić information content (AvgIpc) is 2.24. The molecule has 19 heavy (non-hydrogen) atoms. The first-order valence-corrected chi connectivity index (χ1v) is 4.47. The van der Waals surface area contributed by atoms with Gasteiger partial charge in [0.1, 0.15) is 0 Å². The first-order valence-electron chi connectivity index (χ1n) is 4.09. The third-order valence-corrected chi connectivity index (χ3v) is 2.41. The van der Waals surface area contributed by atoms with Gasteiger partial charge in [-0.1, -0.05) is 0 Å². The molecule has 0 N–H and O–H groups in total. The van der Waals surface area contributed by atoms with Crippen molar-refractivity contribution < 1.29 is 48.6 Å². The molecule has 0 aromatic rings. The molecule has 2 unspecified atom stereocenters. The second kappa shape index (κ2) is 4.06. The molecule has 1 rings (SSSR count). The van der Waals surface area contributed by atoms with E-state index in [9.17, 15) is 43.9 Å². The molecule has 0 aliphatic carbocycles. The molecule has 12 heteroatoms. The molecule has 0 aromatic carbocycles. The van der Waals surface area contributed by atoms with Crippen LogP contribution in [-0.2, 0) is 4.74 Å². The molecule has 0 radical (unpaired) electrons. The van der Waals surface area contributed by atoms with Gasteiger partial charge in [0.25, 0.3) is 6.17 Å². The molecule has 0 aromatic heterocycles. The van der Waals surface area contributed by atoms with Gasteiger partial charge in [-0.05, 0) is 11.6 Å². The van der Waals surface area contributed by atoms with E-state index >= 15 is 0 Å². The molecule has 0 bridgehead atoms. The Morgan fingerprint density at radius 3 is 1.84 bits per heavy atom. The first-order chi connectivity index (χ1) is 8.19. The largest absolute Gasteiger partial charge is 0.437 e. The van der Waals surface area contributed by atoms with Gasteiger partial charge in [0.2, 0.25) is 11.0 Å². The topological polar surface area (TPSA) is 9.23 Å². The van der Waals surface area contributed by atoms with Crippen LogP contribution in [-0.4, -0.2) is 30.0 Å². The molecule has 1 aliphatic rings. The summed E-state index contributed by atoms with van der Waals surface area (Å²) in [6.45, 7) is 0. The summed E-state index contributed by atoms with van der Waals surface area (Å²) >= 11 is 4.40. The summed E-state index contributed by atoms with van der Waals surface area (Å²) in [4.78, 5) is 0. The van der Waals surface area contributed by atoms with Gasteiger partial charge in [-0.15, -0.1) is 0 Å². The molecule has 112 valence electrons. The second-order valence-electron chi connectivity index (χ2n) is 3.39. The van der Waals surface area contributed by atoms with Crippen molar-refractivity contribution in [2.45, 2.75) is 30.0 Å². The van der Waals surface area contributed by atoms with E-state index in [-0.39, 0.29) is 0 Å². The Balaban J connectivity index is 3.65.